The van der Waals surface area contributed by atoms with E-state index in [1.165, 1.54) is 6.20 Å². The molecule has 0 amide bonds. The molecular formula is C10H7ClN2O2. The van der Waals surface area contributed by atoms with E-state index in [1.54, 1.807) is 18.2 Å². The number of aromatic carboxylic acids is 1. The van der Waals surface area contributed by atoms with Crippen LogP contribution < -0.4 is 5.73 Å². The second-order valence-electron chi connectivity index (χ2n) is 3.02. The Hall–Kier alpha value is -1.81. The van der Waals surface area contributed by atoms with E-state index in [4.69, 9.17) is 22.4 Å². The standard InChI is InChI=1S/C10H7ClN2O2/c11-6-1-2-7(12)5-3-4-13-9(8(5)6)10(14)15/h1-4H,12H2,(H,14,15). The molecule has 2 rings (SSSR count). The monoisotopic (exact) mass is 222 g/mol. The summed E-state index contributed by atoms with van der Waals surface area (Å²) in [5.41, 5.74) is 6.12. The molecule has 0 saturated heterocycles. The SMILES string of the molecule is Nc1ccc(Cl)c2c(C(=O)O)nccc12. The molecule has 15 heavy (non-hydrogen) atoms. The van der Waals surface area contributed by atoms with Crippen LogP contribution in [0, 0.1) is 0 Å². The van der Waals surface area contributed by atoms with Crippen molar-refractivity contribution in [1.29, 1.82) is 0 Å². The number of carboxylic acids is 1. The van der Waals surface area contributed by atoms with Crippen molar-refractivity contribution in [2.45, 2.75) is 0 Å². The first-order valence-corrected chi connectivity index (χ1v) is 4.55. The van der Waals surface area contributed by atoms with Crippen LogP contribution in [0.1, 0.15) is 10.5 Å². The maximum Gasteiger partial charge on any atom is 0.355 e. The van der Waals surface area contributed by atoms with Crippen LogP contribution in [0.25, 0.3) is 10.8 Å². The van der Waals surface area contributed by atoms with E-state index < -0.39 is 5.97 Å². The lowest BCUT2D eigenvalue weighted by Crippen LogP contribution is -2.02. The molecule has 0 aliphatic carbocycles. The Balaban J connectivity index is 2.96. The first-order chi connectivity index (χ1) is 7.11. The number of nitrogen functional groups attached to an aromatic ring is 1. The summed E-state index contributed by atoms with van der Waals surface area (Å²) >= 11 is 5.92. The summed E-state index contributed by atoms with van der Waals surface area (Å²) in [5.74, 6) is -1.12. The van der Waals surface area contributed by atoms with Crippen LogP contribution in [0.5, 0.6) is 0 Å². The number of carboxylic acid groups (broad SMARTS) is 1. The summed E-state index contributed by atoms with van der Waals surface area (Å²) in [6.07, 6.45) is 1.40. The van der Waals surface area contributed by atoms with Crippen molar-refractivity contribution in [2.24, 2.45) is 0 Å². The maximum absolute atomic E-state index is 10.9. The van der Waals surface area contributed by atoms with E-state index in [1.807, 2.05) is 0 Å². The first-order valence-electron chi connectivity index (χ1n) is 4.17. The van der Waals surface area contributed by atoms with E-state index in [2.05, 4.69) is 4.98 Å². The van der Waals surface area contributed by atoms with Crippen LogP contribution >= 0.6 is 11.6 Å². The van der Waals surface area contributed by atoms with Crippen molar-refractivity contribution in [3.05, 3.63) is 35.1 Å². The number of nitrogens with two attached hydrogens (primary N) is 1. The molecule has 0 bridgehead atoms. The molecule has 3 N–H and O–H groups in total. The lowest BCUT2D eigenvalue weighted by Gasteiger charge is -2.05. The van der Waals surface area contributed by atoms with E-state index in [0.29, 0.717) is 21.5 Å². The molecule has 2 aromatic rings. The minimum atomic E-state index is -1.12. The van der Waals surface area contributed by atoms with Gasteiger partial charge >= 0.3 is 5.97 Å². The lowest BCUT2D eigenvalue weighted by molar-refractivity contribution is 0.0693. The third-order valence-corrected chi connectivity index (χ3v) is 2.43. The van der Waals surface area contributed by atoms with Gasteiger partial charge in [-0.1, -0.05) is 11.6 Å². The highest BCUT2D eigenvalue weighted by Gasteiger charge is 2.13. The van der Waals surface area contributed by atoms with Gasteiger partial charge in [0.15, 0.2) is 5.69 Å². The van der Waals surface area contributed by atoms with Gasteiger partial charge in [-0.25, -0.2) is 9.78 Å². The fourth-order valence-electron chi connectivity index (χ4n) is 1.44. The van der Waals surface area contributed by atoms with Gasteiger partial charge in [0.1, 0.15) is 0 Å². The van der Waals surface area contributed by atoms with Gasteiger partial charge in [-0.2, -0.15) is 0 Å². The number of carbonyl (C=O) groups is 1. The van der Waals surface area contributed by atoms with Crippen molar-refractivity contribution >= 4 is 34.0 Å². The second kappa shape index (κ2) is 3.40. The second-order valence-corrected chi connectivity index (χ2v) is 3.43. The topological polar surface area (TPSA) is 76.2 Å². The molecule has 4 nitrogen and oxygen atoms in total. The predicted molar refractivity (Wildman–Crippen MR) is 58.1 cm³/mol. The average molecular weight is 223 g/mol. The molecule has 1 heterocycles. The van der Waals surface area contributed by atoms with Gasteiger partial charge in [-0.3, -0.25) is 0 Å². The maximum atomic E-state index is 10.9. The van der Waals surface area contributed by atoms with Crippen LogP contribution in [0.2, 0.25) is 5.02 Å². The lowest BCUT2D eigenvalue weighted by atomic mass is 10.1. The number of pyridine rings is 1. The summed E-state index contributed by atoms with van der Waals surface area (Å²) in [4.78, 5) is 14.7. The zero-order valence-corrected chi connectivity index (χ0v) is 8.32. The fraction of sp³-hybridized carbons (Fsp3) is 0. The highest BCUT2D eigenvalue weighted by molar-refractivity contribution is 6.37. The first kappa shape index (κ1) is 9.73. The quantitative estimate of drug-likeness (QED) is 0.725. The van der Waals surface area contributed by atoms with Crippen molar-refractivity contribution in [1.82, 2.24) is 4.98 Å². The molecule has 0 unspecified atom stereocenters. The van der Waals surface area contributed by atoms with E-state index in [-0.39, 0.29) is 5.69 Å². The minimum Gasteiger partial charge on any atom is -0.476 e. The van der Waals surface area contributed by atoms with E-state index in [9.17, 15) is 4.79 Å². The normalized spacial score (nSPS) is 10.5. The zero-order valence-electron chi connectivity index (χ0n) is 7.57. The van der Waals surface area contributed by atoms with Gasteiger partial charge < -0.3 is 10.8 Å². The number of hydrogen-bond acceptors (Lipinski definition) is 3. The summed E-state index contributed by atoms with van der Waals surface area (Å²) in [5, 5.41) is 10.3. The Morgan fingerprint density at radius 1 is 1.40 bits per heavy atom. The zero-order chi connectivity index (χ0) is 11.0. The van der Waals surface area contributed by atoms with Crippen LogP contribution in [-0.4, -0.2) is 16.1 Å². The van der Waals surface area contributed by atoms with Crippen molar-refractivity contribution in [2.75, 3.05) is 5.73 Å². The van der Waals surface area contributed by atoms with Gasteiger partial charge in [0.25, 0.3) is 0 Å². The largest absolute Gasteiger partial charge is 0.476 e. The molecule has 0 fully saturated rings. The third kappa shape index (κ3) is 1.49. The average Bonchev–Trinajstić information content (AvgIpc) is 2.23. The Morgan fingerprint density at radius 3 is 2.80 bits per heavy atom. The molecule has 0 radical (unpaired) electrons. The van der Waals surface area contributed by atoms with Crippen LogP contribution in [0.3, 0.4) is 0 Å². The van der Waals surface area contributed by atoms with Crippen LogP contribution in [-0.2, 0) is 0 Å². The molecule has 5 heteroatoms. The number of aromatic nitrogens is 1. The number of hydrogen-bond donors (Lipinski definition) is 2. The number of halogens is 1. The van der Waals surface area contributed by atoms with Crippen molar-refractivity contribution < 1.29 is 9.90 Å². The van der Waals surface area contributed by atoms with E-state index in [0.717, 1.165) is 0 Å². The van der Waals surface area contributed by atoms with Gasteiger partial charge in [0, 0.05) is 22.7 Å². The molecule has 1 aromatic carbocycles. The molecular weight excluding hydrogens is 216 g/mol. The highest BCUT2D eigenvalue weighted by Crippen LogP contribution is 2.29. The number of nitrogens with zero attached hydrogens (tertiary/aromatic N) is 1. The molecule has 0 spiro atoms. The minimum absolute atomic E-state index is 0.0789. The number of rotatable bonds is 1. The molecule has 1 aromatic heterocycles. The molecule has 0 aliphatic heterocycles. The van der Waals surface area contributed by atoms with Crippen molar-refractivity contribution in [3.8, 4) is 0 Å². The summed E-state index contributed by atoms with van der Waals surface area (Å²) < 4.78 is 0. The Labute approximate surface area is 90.3 Å². The third-order valence-electron chi connectivity index (χ3n) is 2.11. The van der Waals surface area contributed by atoms with Gasteiger partial charge in [-0.05, 0) is 18.2 Å². The molecule has 76 valence electrons. The number of anilines is 1. The highest BCUT2D eigenvalue weighted by atomic mass is 35.5. The molecule has 0 atom stereocenters. The molecule has 0 aliphatic rings. The number of benzene rings is 1. The van der Waals surface area contributed by atoms with E-state index >= 15 is 0 Å². The Morgan fingerprint density at radius 2 is 2.13 bits per heavy atom. The van der Waals surface area contributed by atoms with Gasteiger partial charge in [0.2, 0.25) is 0 Å². The smallest absolute Gasteiger partial charge is 0.355 e. The number of fused-ring (bicyclic) bond motifs is 1. The Bertz CT molecular complexity index is 554. The predicted octanol–water partition coefficient (Wildman–Crippen LogP) is 2.17. The van der Waals surface area contributed by atoms with Gasteiger partial charge in [0.05, 0.1) is 5.02 Å². The summed E-state index contributed by atoms with van der Waals surface area (Å²) in [6.45, 7) is 0. The fourth-order valence-corrected chi connectivity index (χ4v) is 1.70. The Kier molecular flexibility index (Phi) is 2.21. The summed E-state index contributed by atoms with van der Waals surface area (Å²) in [6, 6.07) is 4.84. The van der Waals surface area contributed by atoms with Crippen LogP contribution in [0.15, 0.2) is 24.4 Å². The van der Waals surface area contributed by atoms with Crippen molar-refractivity contribution in [3.63, 3.8) is 0 Å². The van der Waals surface area contributed by atoms with Gasteiger partial charge in [-0.15, -0.1) is 0 Å². The molecule has 0 saturated carbocycles. The van der Waals surface area contributed by atoms with Crippen LogP contribution in [0.4, 0.5) is 5.69 Å². The summed E-state index contributed by atoms with van der Waals surface area (Å²) in [7, 11) is 0.